The molecule has 124 valence electrons. The normalized spacial score (nSPS) is 10.0. The highest BCUT2D eigenvalue weighted by Gasteiger charge is 2.15. The second-order valence-electron chi connectivity index (χ2n) is 4.74. The fourth-order valence-corrected chi connectivity index (χ4v) is 2.30. The summed E-state index contributed by atoms with van der Waals surface area (Å²) in [7, 11) is 0. The van der Waals surface area contributed by atoms with Crippen LogP contribution in [0, 0.1) is 10.1 Å². The summed E-state index contributed by atoms with van der Waals surface area (Å²) in [5.74, 6) is -1.10. The molecule has 0 radical (unpaired) electrons. The number of esters is 1. The van der Waals surface area contributed by atoms with Crippen molar-refractivity contribution in [3.8, 4) is 0 Å². The minimum absolute atomic E-state index is 0.122. The molecule has 0 bridgehead atoms. The van der Waals surface area contributed by atoms with E-state index in [1.165, 1.54) is 18.2 Å². The summed E-state index contributed by atoms with van der Waals surface area (Å²) >= 11 is 3.25. The van der Waals surface area contributed by atoms with Crippen LogP contribution in [0.25, 0.3) is 0 Å². The third-order valence-electron chi connectivity index (χ3n) is 3.06. The predicted molar refractivity (Wildman–Crippen MR) is 89.4 cm³/mol. The summed E-state index contributed by atoms with van der Waals surface area (Å²) < 4.78 is 5.71. The van der Waals surface area contributed by atoms with Gasteiger partial charge in [0.1, 0.15) is 13.2 Å². The molecule has 0 fully saturated rings. The zero-order valence-electron chi connectivity index (χ0n) is 12.4. The van der Waals surface area contributed by atoms with E-state index in [2.05, 4.69) is 21.2 Å². The average Bonchev–Trinajstić information content (AvgIpc) is 2.58. The molecule has 0 aliphatic heterocycles. The summed E-state index contributed by atoms with van der Waals surface area (Å²) in [5.41, 5.74) is 0.563. The summed E-state index contributed by atoms with van der Waals surface area (Å²) in [6.07, 6.45) is 0. The molecule has 0 saturated heterocycles. The van der Waals surface area contributed by atoms with Crippen molar-refractivity contribution in [3.63, 3.8) is 0 Å². The number of para-hydroxylation sites is 1. The van der Waals surface area contributed by atoms with Crippen molar-refractivity contribution in [2.24, 2.45) is 0 Å². The van der Waals surface area contributed by atoms with E-state index in [1.807, 2.05) is 0 Å². The number of ether oxygens (including phenoxy) is 1. The lowest BCUT2D eigenvalue weighted by Crippen LogP contribution is -2.30. The number of halogens is 1. The molecule has 0 aliphatic rings. The van der Waals surface area contributed by atoms with E-state index in [1.54, 1.807) is 30.3 Å². The van der Waals surface area contributed by atoms with Gasteiger partial charge in [-0.25, -0.2) is 0 Å². The van der Waals surface area contributed by atoms with Gasteiger partial charge < -0.3 is 10.1 Å². The topological polar surface area (TPSA) is 98.5 Å². The number of amides is 1. The molecular weight excluding hydrogens is 380 g/mol. The quantitative estimate of drug-likeness (QED) is 0.462. The van der Waals surface area contributed by atoms with E-state index in [0.29, 0.717) is 5.56 Å². The lowest BCUT2D eigenvalue weighted by Gasteiger charge is -2.07. The zero-order valence-corrected chi connectivity index (χ0v) is 14.0. The van der Waals surface area contributed by atoms with Crippen LogP contribution in [0.1, 0.15) is 15.9 Å². The van der Waals surface area contributed by atoms with Crippen molar-refractivity contribution in [2.45, 2.75) is 6.61 Å². The first kappa shape index (κ1) is 17.6. The van der Waals surface area contributed by atoms with E-state index in [0.717, 1.165) is 4.47 Å². The van der Waals surface area contributed by atoms with Gasteiger partial charge in [-0.3, -0.25) is 19.7 Å². The van der Waals surface area contributed by atoms with E-state index in [4.69, 9.17) is 4.74 Å². The minimum Gasteiger partial charge on any atom is -0.459 e. The number of nitro benzene ring substituents is 1. The Morgan fingerprint density at radius 2 is 1.92 bits per heavy atom. The van der Waals surface area contributed by atoms with E-state index in [9.17, 15) is 19.7 Å². The van der Waals surface area contributed by atoms with Gasteiger partial charge in [-0.15, -0.1) is 0 Å². The maximum Gasteiger partial charge on any atom is 0.325 e. The highest BCUT2D eigenvalue weighted by molar-refractivity contribution is 9.10. The number of nitrogens with one attached hydrogen (secondary N) is 1. The Bertz CT molecular complexity index is 779. The minimum atomic E-state index is -0.684. The summed E-state index contributed by atoms with van der Waals surface area (Å²) in [4.78, 5) is 33.9. The van der Waals surface area contributed by atoms with Gasteiger partial charge in [-0.1, -0.05) is 34.1 Å². The second-order valence-corrected chi connectivity index (χ2v) is 5.66. The molecule has 24 heavy (non-hydrogen) atoms. The molecule has 0 saturated carbocycles. The molecule has 0 spiro atoms. The zero-order chi connectivity index (χ0) is 17.5. The lowest BCUT2D eigenvalue weighted by atomic mass is 10.2. The Kier molecular flexibility index (Phi) is 6.02. The molecule has 0 aromatic heterocycles. The Hall–Kier alpha value is -2.74. The third-order valence-corrected chi connectivity index (χ3v) is 3.55. The maximum absolute atomic E-state index is 11.9. The number of rotatable bonds is 6. The molecule has 8 heteroatoms. The van der Waals surface area contributed by atoms with Crippen molar-refractivity contribution in [2.75, 3.05) is 6.54 Å². The molecule has 2 aromatic rings. The molecular formula is C16H13BrN2O5. The van der Waals surface area contributed by atoms with Gasteiger partial charge in [0.05, 0.1) is 10.5 Å². The molecule has 0 atom stereocenters. The van der Waals surface area contributed by atoms with Gasteiger partial charge >= 0.3 is 5.97 Å². The summed E-state index contributed by atoms with van der Waals surface area (Å²) in [6.45, 7) is -0.561. The van der Waals surface area contributed by atoms with E-state index < -0.39 is 16.8 Å². The highest BCUT2D eigenvalue weighted by Crippen LogP contribution is 2.18. The molecule has 1 N–H and O–H groups in total. The van der Waals surface area contributed by atoms with Gasteiger partial charge in [0.15, 0.2) is 0 Å². The number of benzene rings is 2. The smallest absolute Gasteiger partial charge is 0.325 e. The molecule has 0 aliphatic carbocycles. The van der Waals surface area contributed by atoms with Gasteiger partial charge in [-0.05, 0) is 24.3 Å². The number of nitro groups is 1. The van der Waals surface area contributed by atoms with Crippen molar-refractivity contribution in [3.05, 3.63) is 74.2 Å². The van der Waals surface area contributed by atoms with Crippen LogP contribution in [0.3, 0.4) is 0 Å². The predicted octanol–water partition coefficient (Wildman–Crippen LogP) is 2.83. The monoisotopic (exact) mass is 392 g/mol. The molecule has 2 rings (SSSR count). The standard InChI is InChI=1S/C16H13BrN2O5/c17-13-6-3-5-11(8-13)16(21)18-9-15(20)24-10-12-4-1-2-7-14(12)19(22)23/h1-8H,9-10H2,(H,18,21). The van der Waals surface area contributed by atoms with Crippen LogP contribution in [0.4, 0.5) is 5.69 Å². The number of carbonyl (C=O) groups excluding carboxylic acids is 2. The van der Waals surface area contributed by atoms with Gasteiger partial charge in [0.2, 0.25) is 0 Å². The van der Waals surface area contributed by atoms with Crippen LogP contribution in [-0.4, -0.2) is 23.3 Å². The lowest BCUT2D eigenvalue weighted by molar-refractivity contribution is -0.385. The first-order chi connectivity index (χ1) is 11.5. The van der Waals surface area contributed by atoms with Gasteiger partial charge in [0, 0.05) is 16.1 Å². The fourth-order valence-electron chi connectivity index (χ4n) is 1.90. The maximum atomic E-state index is 11.9. The fraction of sp³-hybridized carbons (Fsp3) is 0.125. The molecule has 0 unspecified atom stereocenters. The Balaban J connectivity index is 1.86. The number of carbonyl (C=O) groups is 2. The van der Waals surface area contributed by atoms with Crippen LogP contribution >= 0.6 is 15.9 Å². The number of nitrogens with zero attached hydrogens (tertiary/aromatic N) is 1. The van der Waals surface area contributed by atoms with Crippen LogP contribution in [0.2, 0.25) is 0 Å². The molecule has 7 nitrogen and oxygen atoms in total. The van der Waals surface area contributed by atoms with Crippen LogP contribution < -0.4 is 5.32 Å². The van der Waals surface area contributed by atoms with Gasteiger partial charge in [-0.2, -0.15) is 0 Å². The molecule has 1 amide bonds. The first-order valence-electron chi connectivity index (χ1n) is 6.89. The largest absolute Gasteiger partial charge is 0.459 e. The van der Waals surface area contributed by atoms with Crippen LogP contribution in [0.15, 0.2) is 53.0 Å². The van der Waals surface area contributed by atoms with Crippen molar-refractivity contribution >= 4 is 33.5 Å². The number of hydrogen-bond donors (Lipinski definition) is 1. The van der Waals surface area contributed by atoms with Gasteiger partial charge in [0.25, 0.3) is 11.6 Å². The van der Waals surface area contributed by atoms with E-state index in [-0.39, 0.29) is 24.4 Å². The Morgan fingerprint density at radius 3 is 2.62 bits per heavy atom. The van der Waals surface area contributed by atoms with Crippen LogP contribution in [0.5, 0.6) is 0 Å². The molecule has 0 heterocycles. The summed E-state index contributed by atoms with van der Waals surface area (Å²) in [5, 5.41) is 13.3. The summed E-state index contributed by atoms with van der Waals surface area (Å²) in [6, 6.07) is 12.7. The Morgan fingerprint density at radius 1 is 1.17 bits per heavy atom. The SMILES string of the molecule is O=C(CNC(=O)c1cccc(Br)c1)OCc1ccccc1[N+](=O)[O-]. The Labute approximate surface area is 145 Å². The second kappa shape index (κ2) is 8.21. The average molecular weight is 393 g/mol. The van der Waals surface area contributed by atoms with Crippen molar-refractivity contribution in [1.29, 1.82) is 0 Å². The van der Waals surface area contributed by atoms with E-state index >= 15 is 0 Å². The first-order valence-corrected chi connectivity index (χ1v) is 7.68. The highest BCUT2D eigenvalue weighted by atomic mass is 79.9. The van der Waals surface area contributed by atoms with Crippen molar-refractivity contribution in [1.82, 2.24) is 5.32 Å². The molecule has 2 aromatic carbocycles. The van der Waals surface area contributed by atoms with Crippen molar-refractivity contribution < 1.29 is 19.2 Å². The van der Waals surface area contributed by atoms with Crippen LogP contribution in [-0.2, 0) is 16.1 Å². The third kappa shape index (κ3) is 4.88. The number of hydrogen-bond acceptors (Lipinski definition) is 5.